The van der Waals surface area contributed by atoms with E-state index in [1.165, 1.54) is 6.21 Å². The Morgan fingerprint density at radius 3 is 2.43 bits per heavy atom. The summed E-state index contributed by atoms with van der Waals surface area (Å²) < 4.78 is 0. The highest BCUT2D eigenvalue weighted by atomic mass is 16.3. The van der Waals surface area contributed by atoms with Crippen molar-refractivity contribution >= 4 is 29.4 Å². The quantitative estimate of drug-likeness (QED) is 0.389. The molecule has 28 heavy (non-hydrogen) atoms. The Morgan fingerprint density at radius 1 is 1.11 bits per heavy atom. The van der Waals surface area contributed by atoms with Crippen LogP contribution in [0, 0.1) is 13.8 Å². The van der Waals surface area contributed by atoms with Crippen molar-refractivity contribution in [2.45, 2.75) is 20.8 Å². The highest BCUT2D eigenvalue weighted by molar-refractivity contribution is 6.39. The van der Waals surface area contributed by atoms with Crippen molar-refractivity contribution in [2.75, 3.05) is 29.9 Å². The fourth-order valence-corrected chi connectivity index (χ4v) is 2.63. The van der Waals surface area contributed by atoms with Gasteiger partial charge in [0.2, 0.25) is 0 Å². The largest absolute Gasteiger partial charge is 0.395 e. The molecule has 7 nitrogen and oxygen atoms in total. The van der Waals surface area contributed by atoms with E-state index in [4.69, 9.17) is 5.11 Å². The molecule has 2 amide bonds. The normalized spacial score (nSPS) is 10.7. The molecule has 148 valence electrons. The number of hydrogen-bond donors (Lipinski definition) is 3. The first-order valence-corrected chi connectivity index (χ1v) is 9.12. The lowest BCUT2D eigenvalue weighted by Crippen LogP contribution is -2.32. The summed E-state index contributed by atoms with van der Waals surface area (Å²) in [6.07, 6.45) is 1.50. The second-order valence-corrected chi connectivity index (χ2v) is 6.36. The van der Waals surface area contributed by atoms with Crippen molar-refractivity contribution in [3.05, 3.63) is 59.2 Å². The molecule has 2 aromatic carbocycles. The predicted octanol–water partition coefficient (Wildman–Crippen LogP) is 2.21. The van der Waals surface area contributed by atoms with Gasteiger partial charge in [0.05, 0.1) is 12.8 Å². The predicted molar refractivity (Wildman–Crippen MR) is 112 cm³/mol. The second-order valence-electron chi connectivity index (χ2n) is 6.36. The van der Waals surface area contributed by atoms with Gasteiger partial charge in [0, 0.05) is 24.5 Å². The number of likely N-dealkylation sites (N-methyl/N-ethyl adjacent to an activating group) is 1. The topological polar surface area (TPSA) is 94.0 Å². The minimum atomic E-state index is -0.841. The first-order chi connectivity index (χ1) is 13.4. The average Bonchev–Trinajstić information content (AvgIpc) is 2.69. The molecule has 0 saturated heterocycles. The lowest BCUT2D eigenvalue weighted by atomic mass is 10.1. The number of hydrazone groups is 1. The molecule has 0 aliphatic carbocycles. The van der Waals surface area contributed by atoms with Crippen LogP contribution in [-0.4, -0.2) is 42.8 Å². The molecule has 3 N–H and O–H groups in total. The number of anilines is 2. The van der Waals surface area contributed by atoms with Gasteiger partial charge in [-0.1, -0.05) is 23.8 Å². The second kappa shape index (κ2) is 10.2. The van der Waals surface area contributed by atoms with E-state index in [1.54, 1.807) is 12.1 Å². The minimum absolute atomic E-state index is 0.0901. The van der Waals surface area contributed by atoms with Crippen LogP contribution in [0.3, 0.4) is 0 Å². The first kappa shape index (κ1) is 21.1. The highest BCUT2D eigenvalue weighted by Crippen LogP contribution is 2.18. The van der Waals surface area contributed by atoms with Crippen LogP contribution in [0.5, 0.6) is 0 Å². The molecule has 0 saturated carbocycles. The molecule has 2 rings (SSSR count). The Morgan fingerprint density at radius 2 is 1.82 bits per heavy atom. The molecule has 0 aliphatic rings. The fourth-order valence-electron chi connectivity index (χ4n) is 2.63. The van der Waals surface area contributed by atoms with Crippen LogP contribution >= 0.6 is 0 Å². The lowest BCUT2D eigenvalue weighted by Gasteiger charge is -2.22. The molecule has 0 aliphatic heterocycles. The number of rotatable bonds is 7. The minimum Gasteiger partial charge on any atom is -0.395 e. The smallest absolute Gasteiger partial charge is 0.329 e. The monoisotopic (exact) mass is 382 g/mol. The Labute approximate surface area is 165 Å². The zero-order valence-corrected chi connectivity index (χ0v) is 16.4. The van der Waals surface area contributed by atoms with E-state index in [0.29, 0.717) is 12.2 Å². The van der Waals surface area contributed by atoms with Gasteiger partial charge in [-0.05, 0) is 56.2 Å². The molecule has 0 atom stereocenters. The van der Waals surface area contributed by atoms with Gasteiger partial charge in [-0.3, -0.25) is 9.59 Å². The number of aliphatic hydroxyl groups excluding tert-OH is 1. The number of nitrogens with zero attached hydrogens (tertiary/aromatic N) is 2. The number of carbonyl (C=O) groups excluding carboxylic acids is 2. The highest BCUT2D eigenvalue weighted by Gasteiger charge is 2.12. The van der Waals surface area contributed by atoms with Crippen LogP contribution in [0.15, 0.2) is 47.6 Å². The van der Waals surface area contributed by atoms with E-state index >= 15 is 0 Å². The van der Waals surface area contributed by atoms with Gasteiger partial charge in [-0.25, -0.2) is 5.43 Å². The third-order valence-electron chi connectivity index (χ3n) is 4.26. The van der Waals surface area contributed by atoms with Crippen LogP contribution in [-0.2, 0) is 9.59 Å². The van der Waals surface area contributed by atoms with Crippen molar-refractivity contribution in [1.82, 2.24) is 5.43 Å². The van der Waals surface area contributed by atoms with Gasteiger partial charge in [-0.2, -0.15) is 5.10 Å². The van der Waals surface area contributed by atoms with E-state index in [-0.39, 0.29) is 6.61 Å². The Bertz CT molecular complexity index is 847. The molecule has 0 bridgehead atoms. The first-order valence-electron chi connectivity index (χ1n) is 9.12. The van der Waals surface area contributed by atoms with Crippen molar-refractivity contribution in [2.24, 2.45) is 5.10 Å². The fraction of sp³-hybridized carbons (Fsp3) is 0.286. The van der Waals surface area contributed by atoms with E-state index < -0.39 is 11.8 Å². The third kappa shape index (κ3) is 5.92. The van der Waals surface area contributed by atoms with Crippen LogP contribution in [0.2, 0.25) is 0 Å². The third-order valence-corrected chi connectivity index (χ3v) is 4.26. The number of hydrogen-bond acceptors (Lipinski definition) is 5. The molecule has 0 aromatic heterocycles. The molecule has 0 fully saturated rings. The molecule has 0 radical (unpaired) electrons. The maximum Gasteiger partial charge on any atom is 0.329 e. The standard InChI is InChI=1S/C21H26N4O3/c1-4-25(11-12-26)19-10-7-17(16(3)13-19)14-22-24-21(28)20(27)23-18-8-5-15(2)6-9-18/h5-10,13-14,26H,4,11-12H2,1-3H3,(H,23,27)(H,24,28)/b22-14-. The Kier molecular flexibility index (Phi) is 7.71. The van der Waals surface area contributed by atoms with E-state index in [2.05, 4.69) is 20.7 Å². The summed E-state index contributed by atoms with van der Waals surface area (Å²) in [5, 5.41) is 15.5. The maximum atomic E-state index is 11.9. The summed E-state index contributed by atoms with van der Waals surface area (Å²) in [5.74, 6) is -1.62. The van der Waals surface area contributed by atoms with E-state index in [0.717, 1.165) is 28.9 Å². The number of nitrogens with one attached hydrogen (secondary N) is 2. The van der Waals surface area contributed by atoms with Gasteiger partial charge < -0.3 is 15.3 Å². The van der Waals surface area contributed by atoms with Crippen LogP contribution in [0.25, 0.3) is 0 Å². The number of aryl methyl sites for hydroxylation is 2. The summed E-state index contributed by atoms with van der Waals surface area (Å²) in [6.45, 7) is 7.34. The molecule has 2 aromatic rings. The number of aliphatic hydroxyl groups is 1. The summed E-state index contributed by atoms with van der Waals surface area (Å²) >= 11 is 0. The van der Waals surface area contributed by atoms with Crippen molar-refractivity contribution in [3.63, 3.8) is 0 Å². The summed E-state index contributed by atoms with van der Waals surface area (Å²) in [7, 11) is 0. The Balaban J connectivity index is 1.95. The summed E-state index contributed by atoms with van der Waals surface area (Å²) in [5.41, 5.74) is 6.64. The molecule has 0 heterocycles. The molecule has 0 unspecified atom stereocenters. The van der Waals surface area contributed by atoms with Crippen LogP contribution in [0.1, 0.15) is 23.6 Å². The number of amides is 2. The Hall–Kier alpha value is -3.19. The number of benzene rings is 2. The summed E-state index contributed by atoms with van der Waals surface area (Å²) in [6, 6.07) is 12.9. The average molecular weight is 382 g/mol. The molecular weight excluding hydrogens is 356 g/mol. The van der Waals surface area contributed by atoms with Gasteiger partial charge in [-0.15, -0.1) is 0 Å². The molecule has 0 spiro atoms. The van der Waals surface area contributed by atoms with Gasteiger partial charge in [0.15, 0.2) is 0 Å². The SMILES string of the molecule is CCN(CCO)c1ccc(/C=N\NC(=O)C(=O)Nc2ccc(C)cc2)c(C)c1. The zero-order chi connectivity index (χ0) is 20.5. The van der Waals surface area contributed by atoms with Crippen LogP contribution < -0.4 is 15.6 Å². The molecular formula is C21H26N4O3. The van der Waals surface area contributed by atoms with Crippen molar-refractivity contribution < 1.29 is 14.7 Å². The van der Waals surface area contributed by atoms with E-state index in [1.807, 2.05) is 51.1 Å². The van der Waals surface area contributed by atoms with Crippen molar-refractivity contribution in [3.8, 4) is 0 Å². The maximum absolute atomic E-state index is 11.9. The molecule has 7 heteroatoms. The lowest BCUT2D eigenvalue weighted by molar-refractivity contribution is -0.136. The van der Waals surface area contributed by atoms with Gasteiger partial charge >= 0.3 is 11.8 Å². The zero-order valence-electron chi connectivity index (χ0n) is 16.4. The van der Waals surface area contributed by atoms with Gasteiger partial charge in [0.1, 0.15) is 0 Å². The van der Waals surface area contributed by atoms with Gasteiger partial charge in [0.25, 0.3) is 0 Å². The summed E-state index contributed by atoms with van der Waals surface area (Å²) in [4.78, 5) is 25.8. The van der Waals surface area contributed by atoms with Crippen molar-refractivity contribution in [1.29, 1.82) is 0 Å². The van der Waals surface area contributed by atoms with E-state index in [9.17, 15) is 9.59 Å². The van der Waals surface area contributed by atoms with Crippen LogP contribution in [0.4, 0.5) is 11.4 Å². The number of carbonyl (C=O) groups is 2.